The van der Waals surface area contributed by atoms with E-state index in [0.717, 1.165) is 44.7 Å². The minimum Gasteiger partial charge on any atom is -0.444 e. The first-order valence-corrected chi connectivity index (χ1v) is 8.03. The molecule has 1 aliphatic heterocycles. The number of hydrogen-bond acceptors (Lipinski definition) is 4. The molecule has 1 saturated heterocycles. The average molecular weight is 308 g/mol. The molecule has 1 atom stereocenters. The molecular weight excluding hydrogens is 280 g/mol. The number of carbonyl (C=O) groups excluding carboxylic acids is 1. The largest absolute Gasteiger partial charge is 0.444 e. The zero-order chi connectivity index (χ0) is 16.2. The number of hydrogen-bond donors (Lipinski definition) is 1. The summed E-state index contributed by atoms with van der Waals surface area (Å²) in [6.45, 7) is 8.15. The third-order valence-corrected chi connectivity index (χ3v) is 3.86. The number of carbonyl (C=O) groups is 1. The van der Waals surface area contributed by atoms with Crippen LogP contribution in [0.25, 0.3) is 0 Å². The van der Waals surface area contributed by atoms with Crippen LogP contribution in [0, 0.1) is 0 Å². The molecule has 0 saturated carbocycles. The molecule has 6 heteroatoms. The number of nitrogens with one attached hydrogen (secondary N) is 1. The van der Waals surface area contributed by atoms with Crippen LogP contribution in [0.1, 0.15) is 45.9 Å². The van der Waals surface area contributed by atoms with Crippen molar-refractivity contribution in [3.63, 3.8) is 0 Å². The summed E-state index contributed by atoms with van der Waals surface area (Å²) < 4.78 is 7.50. The second-order valence-corrected chi connectivity index (χ2v) is 6.89. The second kappa shape index (κ2) is 7.13. The number of aryl methyl sites for hydroxylation is 1. The molecule has 0 aliphatic carbocycles. The summed E-state index contributed by atoms with van der Waals surface area (Å²) in [5, 5.41) is 3.40. The Kier molecular flexibility index (Phi) is 5.45. The van der Waals surface area contributed by atoms with Crippen LogP contribution in [0.2, 0.25) is 0 Å². The Morgan fingerprint density at radius 3 is 2.91 bits per heavy atom. The van der Waals surface area contributed by atoms with E-state index in [9.17, 15) is 4.79 Å². The van der Waals surface area contributed by atoms with Gasteiger partial charge in [0.2, 0.25) is 0 Å². The molecule has 2 rings (SSSR count). The maximum atomic E-state index is 12.2. The number of likely N-dealkylation sites (tertiary alicyclic amines) is 1. The van der Waals surface area contributed by atoms with Crippen molar-refractivity contribution in [3.8, 4) is 0 Å². The van der Waals surface area contributed by atoms with Crippen molar-refractivity contribution in [1.29, 1.82) is 0 Å². The van der Waals surface area contributed by atoms with E-state index >= 15 is 0 Å². The van der Waals surface area contributed by atoms with Gasteiger partial charge in [0.15, 0.2) is 0 Å². The molecule has 1 N–H and O–H groups in total. The maximum absolute atomic E-state index is 12.2. The highest BCUT2D eigenvalue weighted by Gasteiger charge is 2.31. The van der Waals surface area contributed by atoms with E-state index in [4.69, 9.17) is 4.74 Å². The molecule has 2 heterocycles. The van der Waals surface area contributed by atoms with Crippen molar-refractivity contribution in [2.24, 2.45) is 7.05 Å². The molecule has 1 aromatic heterocycles. The first-order valence-electron chi connectivity index (χ1n) is 8.03. The molecule has 0 bridgehead atoms. The minimum absolute atomic E-state index is 0.181. The van der Waals surface area contributed by atoms with Crippen LogP contribution in [-0.4, -0.2) is 45.3 Å². The molecule has 1 unspecified atom stereocenters. The number of imidazole rings is 1. The van der Waals surface area contributed by atoms with Gasteiger partial charge in [0.25, 0.3) is 0 Å². The van der Waals surface area contributed by atoms with Crippen LogP contribution in [0.3, 0.4) is 0 Å². The Hall–Kier alpha value is -1.56. The Morgan fingerprint density at radius 2 is 2.27 bits per heavy atom. The van der Waals surface area contributed by atoms with E-state index in [0.29, 0.717) is 0 Å². The van der Waals surface area contributed by atoms with Gasteiger partial charge >= 0.3 is 6.09 Å². The second-order valence-electron chi connectivity index (χ2n) is 6.89. The summed E-state index contributed by atoms with van der Waals surface area (Å²) in [6, 6.07) is 0.281. The van der Waals surface area contributed by atoms with Crippen LogP contribution in [0.4, 0.5) is 4.79 Å². The summed E-state index contributed by atoms with van der Waals surface area (Å²) in [7, 11) is 1.99. The summed E-state index contributed by atoms with van der Waals surface area (Å²) >= 11 is 0. The lowest BCUT2D eigenvalue weighted by Gasteiger charge is -2.28. The third kappa shape index (κ3) is 4.73. The summed E-state index contributed by atoms with van der Waals surface area (Å²) in [5.41, 5.74) is -0.430. The topological polar surface area (TPSA) is 59.4 Å². The highest BCUT2D eigenvalue weighted by molar-refractivity contribution is 5.68. The Morgan fingerprint density at radius 1 is 1.50 bits per heavy atom. The predicted octanol–water partition coefficient (Wildman–Crippen LogP) is 2.30. The molecular formula is C16H28N4O2. The average Bonchev–Trinajstić information content (AvgIpc) is 3.02. The first kappa shape index (κ1) is 16.8. The number of nitrogens with zero attached hydrogens (tertiary/aromatic N) is 3. The standard InChI is InChI=1S/C16H28N4O2/c1-16(2,3)22-15(21)20-10-5-6-13(20)7-8-17-12-14-18-9-11-19(14)4/h9,11,13,17H,5-8,10,12H2,1-4H3. The molecule has 1 fully saturated rings. The van der Waals surface area contributed by atoms with E-state index in [2.05, 4.69) is 10.3 Å². The molecule has 1 amide bonds. The fourth-order valence-electron chi connectivity index (χ4n) is 2.73. The Bertz CT molecular complexity index is 493. The van der Waals surface area contributed by atoms with Gasteiger partial charge in [-0.25, -0.2) is 9.78 Å². The predicted molar refractivity (Wildman–Crippen MR) is 85.5 cm³/mol. The van der Waals surface area contributed by atoms with Gasteiger partial charge in [-0.05, 0) is 46.6 Å². The van der Waals surface area contributed by atoms with Crippen molar-refractivity contribution < 1.29 is 9.53 Å². The summed E-state index contributed by atoms with van der Waals surface area (Å²) in [4.78, 5) is 18.4. The van der Waals surface area contributed by atoms with Gasteiger partial charge in [-0.2, -0.15) is 0 Å². The van der Waals surface area contributed by atoms with Crippen LogP contribution >= 0.6 is 0 Å². The Labute approximate surface area is 132 Å². The Balaban J connectivity index is 1.74. The lowest BCUT2D eigenvalue weighted by molar-refractivity contribution is 0.0220. The third-order valence-electron chi connectivity index (χ3n) is 3.86. The molecule has 0 spiro atoms. The SMILES string of the molecule is Cn1ccnc1CNCCC1CCCN1C(=O)OC(C)(C)C. The summed E-state index contributed by atoms with van der Waals surface area (Å²) in [6.07, 6.45) is 6.63. The van der Waals surface area contributed by atoms with E-state index in [1.165, 1.54) is 0 Å². The summed E-state index contributed by atoms with van der Waals surface area (Å²) in [5.74, 6) is 1.02. The highest BCUT2D eigenvalue weighted by Crippen LogP contribution is 2.22. The van der Waals surface area contributed by atoms with Gasteiger partial charge in [0.1, 0.15) is 11.4 Å². The van der Waals surface area contributed by atoms with Crippen molar-refractivity contribution in [1.82, 2.24) is 19.8 Å². The van der Waals surface area contributed by atoms with Crippen LogP contribution < -0.4 is 5.32 Å². The lowest BCUT2D eigenvalue weighted by Crippen LogP contribution is -2.40. The number of ether oxygens (including phenoxy) is 1. The van der Waals surface area contributed by atoms with E-state index in [-0.39, 0.29) is 12.1 Å². The minimum atomic E-state index is -0.430. The van der Waals surface area contributed by atoms with Crippen LogP contribution in [0.5, 0.6) is 0 Å². The van der Waals surface area contributed by atoms with Gasteiger partial charge in [-0.15, -0.1) is 0 Å². The fraction of sp³-hybridized carbons (Fsp3) is 0.750. The van der Waals surface area contributed by atoms with Gasteiger partial charge in [-0.1, -0.05) is 0 Å². The molecule has 1 aliphatic rings. The normalized spacial score (nSPS) is 18.7. The molecule has 0 radical (unpaired) electrons. The van der Waals surface area contributed by atoms with Gasteiger partial charge in [0, 0.05) is 32.0 Å². The first-order chi connectivity index (χ1) is 10.4. The van der Waals surface area contributed by atoms with Gasteiger partial charge < -0.3 is 19.5 Å². The quantitative estimate of drug-likeness (QED) is 0.848. The fourth-order valence-corrected chi connectivity index (χ4v) is 2.73. The van der Waals surface area contributed by atoms with Crippen LogP contribution in [0.15, 0.2) is 12.4 Å². The zero-order valence-electron chi connectivity index (χ0n) is 14.1. The molecule has 0 aromatic carbocycles. The molecule has 6 nitrogen and oxygen atoms in total. The van der Waals surface area contributed by atoms with E-state index < -0.39 is 5.60 Å². The van der Waals surface area contributed by atoms with E-state index in [1.54, 1.807) is 6.20 Å². The van der Waals surface area contributed by atoms with Gasteiger partial charge in [-0.3, -0.25) is 0 Å². The lowest BCUT2D eigenvalue weighted by atomic mass is 10.1. The number of amides is 1. The number of rotatable bonds is 5. The van der Waals surface area contributed by atoms with Crippen molar-refractivity contribution in [2.45, 2.75) is 58.2 Å². The molecule has 22 heavy (non-hydrogen) atoms. The van der Waals surface area contributed by atoms with Crippen LogP contribution in [-0.2, 0) is 18.3 Å². The van der Waals surface area contributed by atoms with Crippen molar-refractivity contribution >= 4 is 6.09 Å². The molecule has 1 aromatic rings. The van der Waals surface area contributed by atoms with Gasteiger partial charge in [0.05, 0.1) is 6.54 Å². The molecule has 124 valence electrons. The zero-order valence-corrected chi connectivity index (χ0v) is 14.1. The van der Waals surface area contributed by atoms with Crippen molar-refractivity contribution in [2.75, 3.05) is 13.1 Å². The maximum Gasteiger partial charge on any atom is 0.410 e. The van der Waals surface area contributed by atoms with Crippen molar-refractivity contribution in [3.05, 3.63) is 18.2 Å². The highest BCUT2D eigenvalue weighted by atomic mass is 16.6. The monoisotopic (exact) mass is 308 g/mol. The smallest absolute Gasteiger partial charge is 0.410 e. The van der Waals surface area contributed by atoms with E-state index in [1.807, 2.05) is 43.5 Å². The number of aromatic nitrogens is 2.